The number of hydrogen-bond acceptors (Lipinski definition) is 3. The number of unbranched alkanes of at least 4 members (excludes halogenated alkanes) is 1. The molecule has 1 atom stereocenters. The molecule has 1 aliphatic rings. The molecular weight excluding hydrogens is 330 g/mol. The second-order valence-electron chi connectivity index (χ2n) is 6.53. The minimum absolute atomic E-state index is 0.128. The second-order valence-corrected chi connectivity index (χ2v) is 6.53. The molecule has 136 valence electrons. The zero-order chi connectivity index (χ0) is 18.5. The quantitative estimate of drug-likeness (QED) is 0.670. The van der Waals surface area contributed by atoms with Crippen molar-refractivity contribution in [1.82, 2.24) is 5.32 Å². The average molecular weight is 353 g/mol. The van der Waals surface area contributed by atoms with Crippen LogP contribution in [0.3, 0.4) is 0 Å². The van der Waals surface area contributed by atoms with Crippen LogP contribution in [0.1, 0.15) is 42.9 Å². The number of alkyl carbamates (subject to hydrolysis) is 1. The normalized spacial score (nSPS) is 12.8. The molecule has 0 heterocycles. The monoisotopic (exact) mass is 353 g/mol. The van der Waals surface area contributed by atoms with Crippen LogP contribution in [0.15, 0.2) is 42.5 Å². The van der Waals surface area contributed by atoms with Crippen molar-refractivity contribution in [3.63, 3.8) is 0 Å². The SMILES string of the molecule is CCCC[C@@H](NC(=O)OCc1cccc2c1Cc1ccccc1-2)C(=O)O. The Balaban J connectivity index is 1.64. The van der Waals surface area contributed by atoms with Crippen LogP contribution in [-0.4, -0.2) is 23.2 Å². The van der Waals surface area contributed by atoms with E-state index in [0.29, 0.717) is 6.42 Å². The van der Waals surface area contributed by atoms with E-state index in [1.807, 2.05) is 31.2 Å². The van der Waals surface area contributed by atoms with E-state index in [4.69, 9.17) is 4.74 Å². The first-order valence-electron chi connectivity index (χ1n) is 8.95. The van der Waals surface area contributed by atoms with Gasteiger partial charge in [-0.25, -0.2) is 9.59 Å². The maximum Gasteiger partial charge on any atom is 0.408 e. The highest BCUT2D eigenvalue weighted by atomic mass is 16.5. The number of carboxylic acid groups (broad SMARTS) is 1. The summed E-state index contributed by atoms with van der Waals surface area (Å²) < 4.78 is 5.30. The Bertz CT molecular complexity index is 815. The number of aliphatic carboxylic acids is 1. The predicted octanol–water partition coefficient (Wildman–Crippen LogP) is 4.13. The van der Waals surface area contributed by atoms with Crippen molar-refractivity contribution in [2.75, 3.05) is 0 Å². The highest BCUT2D eigenvalue weighted by Gasteiger charge is 2.22. The number of carbonyl (C=O) groups excluding carboxylic acids is 1. The van der Waals surface area contributed by atoms with Crippen molar-refractivity contribution in [2.24, 2.45) is 0 Å². The van der Waals surface area contributed by atoms with Crippen molar-refractivity contribution in [2.45, 2.75) is 45.3 Å². The number of rotatable bonds is 7. The van der Waals surface area contributed by atoms with Gasteiger partial charge in [-0.15, -0.1) is 0 Å². The van der Waals surface area contributed by atoms with Crippen LogP contribution < -0.4 is 5.32 Å². The van der Waals surface area contributed by atoms with Crippen LogP contribution in [0.4, 0.5) is 4.79 Å². The van der Waals surface area contributed by atoms with Gasteiger partial charge in [-0.05, 0) is 40.7 Å². The average Bonchev–Trinajstić information content (AvgIpc) is 3.02. The zero-order valence-corrected chi connectivity index (χ0v) is 14.8. The Morgan fingerprint density at radius 2 is 1.92 bits per heavy atom. The fourth-order valence-electron chi connectivity index (χ4n) is 3.35. The Morgan fingerprint density at radius 3 is 2.69 bits per heavy atom. The van der Waals surface area contributed by atoms with Crippen molar-refractivity contribution in [3.05, 3.63) is 59.2 Å². The van der Waals surface area contributed by atoms with Crippen LogP contribution in [0.2, 0.25) is 0 Å². The Labute approximate surface area is 153 Å². The lowest BCUT2D eigenvalue weighted by molar-refractivity contribution is -0.139. The number of nitrogens with one attached hydrogen (secondary N) is 1. The van der Waals surface area contributed by atoms with E-state index in [9.17, 15) is 14.7 Å². The fourth-order valence-corrected chi connectivity index (χ4v) is 3.35. The molecule has 2 aromatic carbocycles. The molecule has 0 radical (unpaired) electrons. The first-order chi connectivity index (χ1) is 12.6. The maximum atomic E-state index is 12.0. The number of amides is 1. The molecule has 3 rings (SSSR count). The summed E-state index contributed by atoms with van der Waals surface area (Å²) in [6.07, 6.45) is 2.14. The van der Waals surface area contributed by atoms with Crippen molar-refractivity contribution in [1.29, 1.82) is 0 Å². The van der Waals surface area contributed by atoms with E-state index in [2.05, 4.69) is 23.5 Å². The summed E-state index contributed by atoms with van der Waals surface area (Å²) in [5.41, 5.74) is 5.79. The highest BCUT2D eigenvalue weighted by Crippen LogP contribution is 2.38. The number of fused-ring (bicyclic) bond motifs is 3. The smallest absolute Gasteiger partial charge is 0.408 e. The molecule has 1 aliphatic carbocycles. The third-order valence-electron chi connectivity index (χ3n) is 4.74. The first kappa shape index (κ1) is 18.0. The van der Waals surface area contributed by atoms with Crippen LogP contribution in [0.5, 0.6) is 0 Å². The van der Waals surface area contributed by atoms with Gasteiger partial charge in [0.05, 0.1) is 0 Å². The van der Waals surface area contributed by atoms with E-state index in [1.54, 1.807) is 0 Å². The van der Waals surface area contributed by atoms with Gasteiger partial charge in [0.1, 0.15) is 12.6 Å². The molecule has 0 fully saturated rings. The summed E-state index contributed by atoms with van der Waals surface area (Å²) in [7, 11) is 0. The Morgan fingerprint density at radius 1 is 1.15 bits per heavy atom. The molecule has 0 saturated carbocycles. The molecule has 0 bridgehead atoms. The highest BCUT2D eigenvalue weighted by molar-refractivity contribution is 5.80. The molecule has 2 aromatic rings. The van der Waals surface area contributed by atoms with Gasteiger partial charge in [0.15, 0.2) is 0 Å². The molecule has 0 unspecified atom stereocenters. The van der Waals surface area contributed by atoms with Gasteiger partial charge in [0.2, 0.25) is 0 Å². The Hall–Kier alpha value is -2.82. The largest absolute Gasteiger partial charge is 0.480 e. The van der Waals surface area contributed by atoms with Gasteiger partial charge in [0, 0.05) is 0 Å². The van der Waals surface area contributed by atoms with Gasteiger partial charge in [-0.3, -0.25) is 0 Å². The lowest BCUT2D eigenvalue weighted by atomic mass is 10.0. The molecule has 1 amide bonds. The minimum Gasteiger partial charge on any atom is -0.480 e. The molecule has 5 nitrogen and oxygen atoms in total. The van der Waals surface area contributed by atoms with Gasteiger partial charge >= 0.3 is 12.1 Å². The third kappa shape index (κ3) is 3.87. The van der Waals surface area contributed by atoms with E-state index in [1.165, 1.54) is 22.3 Å². The first-order valence-corrected chi connectivity index (χ1v) is 8.95. The van der Waals surface area contributed by atoms with Crippen LogP contribution >= 0.6 is 0 Å². The van der Waals surface area contributed by atoms with Crippen LogP contribution in [0, 0.1) is 0 Å². The molecule has 0 saturated heterocycles. The molecule has 5 heteroatoms. The lowest BCUT2D eigenvalue weighted by Crippen LogP contribution is -2.41. The molecular formula is C21H23NO4. The van der Waals surface area contributed by atoms with Crippen LogP contribution in [-0.2, 0) is 22.6 Å². The topological polar surface area (TPSA) is 75.6 Å². The lowest BCUT2D eigenvalue weighted by Gasteiger charge is -2.15. The molecule has 2 N–H and O–H groups in total. The predicted molar refractivity (Wildman–Crippen MR) is 99.0 cm³/mol. The summed E-state index contributed by atoms with van der Waals surface area (Å²) in [5.74, 6) is -1.04. The number of ether oxygens (including phenoxy) is 1. The summed E-state index contributed by atoms with van der Waals surface area (Å²) in [4.78, 5) is 23.2. The van der Waals surface area contributed by atoms with Crippen LogP contribution in [0.25, 0.3) is 11.1 Å². The van der Waals surface area contributed by atoms with Crippen molar-refractivity contribution < 1.29 is 19.4 Å². The van der Waals surface area contributed by atoms with Gasteiger partial charge in [-0.2, -0.15) is 0 Å². The number of hydrogen-bond donors (Lipinski definition) is 2. The maximum absolute atomic E-state index is 12.0. The van der Waals surface area contributed by atoms with Gasteiger partial charge < -0.3 is 15.2 Å². The Kier molecular flexibility index (Phi) is 5.56. The van der Waals surface area contributed by atoms with E-state index in [0.717, 1.165) is 24.8 Å². The second kappa shape index (κ2) is 8.04. The summed E-state index contributed by atoms with van der Waals surface area (Å²) in [6, 6.07) is 13.3. The van der Waals surface area contributed by atoms with Gasteiger partial charge in [-0.1, -0.05) is 62.2 Å². The summed E-state index contributed by atoms with van der Waals surface area (Å²) >= 11 is 0. The number of carbonyl (C=O) groups is 2. The fraction of sp³-hybridized carbons (Fsp3) is 0.333. The minimum atomic E-state index is -1.04. The number of carboxylic acids is 1. The third-order valence-corrected chi connectivity index (χ3v) is 4.74. The van der Waals surface area contributed by atoms with Crippen molar-refractivity contribution >= 4 is 12.1 Å². The van der Waals surface area contributed by atoms with Crippen molar-refractivity contribution in [3.8, 4) is 11.1 Å². The summed E-state index contributed by atoms with van der Waals surface area (Å²) in [6.45, 7) is 2.11. The zero-order valence-electron chi connectivity index (χ0n) is 14.8. The molecule has 26 heavy (non-hydrogen) atoms. The molecule has 0 spiro atoms. The van der Waals surface area contributed by atoms with E-state index < -0.39 is 18.1 Å². The number of benzene rings is 2. The standard InChI is InChI=1S/C21H23NO4/c1-2-3-11-19(20(23)24)22-21(25)26-13-15-8-6-10-17-16-9-5-4-7-14(16)12-18(15)17/h4-10,19H,2-3,11-13H2,1H3,(H,22,25)(H,23,24)/t19-/m1/s1. The van der Waals surface area contributed by atoms with E-state index in [-0.39, 0.29) is 6.61 Å². The summed E-state index contributed by atoms with van der Waals surface area (Å²) in [5, 5.41) is 11.6. The molecule has 0 aliphatic heterocycles. The molecule has 0 aromatic heterocycles. The van der Waals surface area contributed by atoms with Gasteiger partial charge in [0.25, 0.3) is 0 Å². The van der Waals surface area contributed by atoms with E-state index >= 15 is 0 Å².